The summed E-state index contributed by atoms with van der Waals surface area (Å²) in [4.78, 5) is 19.3. The van der Waals surface area contributed by atoms with Crippen LogP contribution < -0.4 is 0 Å². The number of carbonyl (C=O) groups is 1. The van der Waals surface area contributed by atoms with Crippen LogP contribution in [0.25, 0.3) is 11.1 Å². The summed E-state index contributed by atoms with van der Waals surface area (Å²) in [5.41, 5.74) is 0.301. The Bertz CT molecular complexity index is 589. The molecule has 0 saturated heterocycles. The SMILES string of the molecule is CC(C)C(=O)c1c(F)cc(-c2cncnc2)cc1F. The van der Waals surface area contributed by atoms with Crippen LogP contribution in [0.4, 0.5) is 8.78 Å². The molecule has 3 nitrogen and oxygen atoms in total. The van der Waals surface area contributed by atoms with E-state index in [4.69, 9.17) is 0 Å². The average Bonchev–Trinajstić information content (AvgIpc) is 2.38. The Kier molecular flexibility index (Phi) is 3.64. The van der Waals surface area contributed by atoms with Crippen molar-refractivity contribution in [3.63, 3.8) is 0 Å². The highest BCUT2D eigenvalue weighted by atomic mass is 19.1. The minimum absolute atomic E-state index is 0.302. The van der Waals surface area contributed by atoms with Crippen molar-refractivity contribution >= 4 is 5.78 Å². The lowest BCUT2D eigenvalue weighted by atomic mass is 9.97. The van der Waals surface area contributed by atoms with E-state index in [9.17, 15) is 13.6 Å². The molecule has 0 N–H and O–H groups in total. The number of halogens is 2. The van der Waals surface area contributed by atoms with Crippen molar-refractivity contribution < 1.29 is 13.6 Å². The molecule has 1 aromatic carbocycles. The normalized spacial score (nSPS) is 10.8. The molecule has 0 aliphatic rings. The van der Waals surface area contributed by atoms with E-state index in [1.807, 2.05) is 0 Å². The molecular formula is C14H12F2N2O. The Morgan fingerprint density at radius 3 is 2.05 bits per heavy atom. The Balaban J connectivity index is 2.52. The molecule has 98 valence electrons. The van der Waals surface area contributed by atoms with Gasteiger partial charge in [0.2, 0.25) is 0 Å². The van der Waals surface area contributed by atoms with E-state index in [2.05, 4.69) is 9.97 Å². The van der Waals surface area contributed by atoms with Gasteiger partial charge in [0.15, 0.2) is 5.78 Å². The summed E-state index contributed by atoms with van der Waals surface area (Å²) in [5, 5.41) is 0. The third-order valence-electron chi connectivity index (χ3n) is 2.71. The van der Waals surface area contributed by atoms with E-state index >= 15 is 0 Å². The first-order valence-corrected chi connectivity index (χ1v) is 5.79. The first kappa shape index (κ1) is 13.3. The summed E-state index contributed by atoms with van der Waals surface area (Å²) >= 11 is 0. The van der Waals surface area contributed by atoms with Crippen LogP contribution in [0.1, 0.15) is 24.2 Å². The highest BCUT2D eigenvalue weighted by Crippen LogP contribution is 2.25. The second kappa shape index (κ2) is 5.22. The monoisotopic (exact) mass is 262 g/mol. The average molecular weight is 262 g/mol. The lowest BCUT2D eigenvalue weighted by molar-refractivity contribution is 0.0931. The second-order valence-corrected chi connectivity index (χ2v) is 4.46. The summed E-state index contributed by atoms with van der Waals surface area (Å²) in [6, 6.07) is 2.24. The predicted molar refractivity (Wildman–Crippen MR) is 66.6 cm³/mol. The van der Waals surface area contributed by atoms with Gasteiger partial charge in [-0.05, 0) is 17.7 Å². The molecule has 0 amide bonds. The molecule has 19 heavy (non-hydrogen) atoms. The van der Waals surface area contributed by atoms with Gasteiger partial charge in [-0.15, -0.1) is 0 Å². The Labute approximate surface area is 109 Å². The van der Waals surface area contributed by atoms with Crippen molar-refractivity contribution in [1.29, 1.82) is 0 Å². The third kappa shape index (κ3) is 2.65. The first-order chi connectivity index (χ1) is 9.00. The van der Waals surface area contributed by atoms with Gasteiger partial charge in [-0.3, -0.25) is 4.79 Å². The fraction of sp³-hybridized carbons (Fsp3) is 0.214. The Hall–Kier alpha value is -2.17. The lowest BCUT2D eigenvalue weighted by Crippen LogP contribution is -2.12. The standard InChI is InChI=1S/C14H12F2N2O/c1-8(2)14(19)13-11(15)3-9(4-12(13)16)10-5-17-7-18-6-10/h3-8H,1-2H3. The van der Waals surface area contributed by atoms with Gasteiger partial charge >= 0.3 is 0 Å². The zero-order chi connectivity index (χ0) is 14.0. The minimum atomic E-state index is -0.863. The van der Waals surface area contributed by atoms with Crippen LogP contribution in [-0.4, -0.2) is 15.8 Å². The molecule has 0 spiro atoms. The number of hydrogen-bond donors (Lipinski definition) is 0. The van der Waals surface area contributed by atoms with Gasteiger partial charge in [-0.1, -0.05) is 13.8 Å². The van der Waals surface area contributed by atoms with Crippen LogP contribution in [-0.2, 0) is 0 Å². The van der Waals surface area contributed by atoms with Gasteiger partial charge < -0.3 is 0 Å². The van der Waals surface area contributed by atoms with Crippen LogP contribution in [0.3, 0.4) is 0 Å². The summed E-state index contributed by atoms with van der Waals surface area (Å²) in [5.74, 6) is -2.74. The van der Waals surface area contributed by atoms with Gasteiger partial charge in [-0.25, -0.2) is 18.7 Å². The Morgan fingerprint density at radius 1 is 1.05 bits per heavy atom. The highest BCUT2D eigenvalue weighted by molar-refractivity contribution is 5.98. The van der Waals surface area contributed by atoms with Crippen LogP contribution in [0.5, 0.6) is 0 Å². The van der Waals surface area contributed by atoms with E-state index in [1.165, 1.54) is 18.7 Å². The van der Waals surface area contributed by atoms with Gasteiger partial charge in [0, 0.05) is 23.9 Å². The molecule has 0 atom stereocenters. The van der Waals surface area contributed by atoms with Gasteiger partial charge in [0.1, 0.15) is 18.0 Å². The van der Waals surface area contributed by atoms with Crippen molar-refractivity contribution in [2.45, 2.75) is 13.8 Å². The molecule has 2 aromatic rings. The zero-order valence-electron chi connectivity index (χ0n) is 10.5. The molecule has 0 saturated carbocycles. The number of benzene rings is 1. The topological polar surface area (TPSA) is 42.9 Å². The zero-order valence-corrected chi connectivity index (χ0v) is 10.5. The fourth-order valence-electron chi connectivity index (χ4n) is 1.71. The maximum absolute atomic E-state index is 13.9. The predicted octanol–water partition coefficient (Wildman–Crippen LogP) is 3.26. The summed E-state index contributed by atoms with van der Waals surface area (Å²) in [6.45, 7) is 3.19. The number of Topliss-reactive ketones (excluding diaryl/α,β-unsaturated/α-hetero) is 1. The number of carbonyl (C=O) groups excluding carboxylic acids is 1. The van der Waals surface area contributed by atoms with Crippen LogP contribution in [0.15, 0.2) is 30.9 Å². The molecular weight excluding hydrogens is 250 g/mol. The molecule has 0 radical (unpaired) electrons. The molecule has 1 heterocycles. The summed E-state index contributed by atoms with van der Waals surface area (Å²) in [6.07, 6.45) is 4.23. The fourth-order valence-corrected chi connectivity index (χ4v) is 1.71. The second-order valence-electron chi connectivity index (χ2n) is 4.46. The number of aromatic nitrogens is 2. The summed E-state index contributed by atoms with van der Waals surface area (Å²) in [7, 11) is 0. The number of nitrogens with zero attached hydrogens (tertiary/aromatic N) is 2. The van der Waals surface area contributed by atoms with Gasteiger partial charge in [0.05, 0.1) is 5.56 Å². The number of hydrogen-bond acceptors (Lipinski definition) is 3. The largest absolute Gasteiger partial charge is 0.294 e. The van der Waals surface area contributed by atoms with Crippen LogP contribution in [0, 0.1) is 17.6 Å². The maximum atomic E-state index is 13.9. The van der Waals surface area contributed by atoms with E-state index in [0.29, 0.717) is 11.1 Å². The summed E-state index contributed by atoms with van der Waals surface area (Å²) < 4.78 is 27.8. The van der Waals surface area contributed by atoms with Gasteiger partial charge in [-0.2, -0.15) is 0 Å². The third-order valence-corrected chi connectivity index (χ3v) is 2.71. The van der Waals surface area contributed by atoms with E-state index in [-0.39, 0.29) is 0 Å². The molecule has 0 unspecified atom stereocenters. The van der Waals surface area contributed by atoms with Crippen molar-refractivity contribution in [3.05, 3.63) is 48.1 Å². The molecule has 5 heteroatoms. The molecule has 0 aliphatic heterocycles. The van der Waals surface area contributed by atoms with Crippen molar-refractivity contribution in [2.24, 2.45) is 5.92 Å². The smallest absolute Gasteiger partial charge is 0.171 e. The lowest BCUT2D eigenvalue weighted by Gasteiger charge is -2.09. The molecule has 0 aliphatic carbocycles. The first-order valence-electron chi connectivity index (χ1n) is 5.79. The molecule has 2 rings (SSSR count). The Morgan fingerprint density at radius 2 is 1.58 bits per heavy atom. The highest BCUT2D eigenvalue weighted by Gasteiger charge is 2.21. The van der Waals surface area contributed by atoms with Crippen molar-refractivity contribution in [1.82, 2.24) is 9.97 Å². The number of ketones is 1. The van der Waals surface area contributed by atoms with E-state index in [1.54, 1.807) is 13.8 Å². The minimum Gasteiger partial charge on any atom is -0.294 e. The number of rotatable bonds is 3. The quantitative estimate of drug-likeness (QED) is 0.797. The van der Waals surface area contributed by atoms with E-state index < -0.39 is 28.9 Å². The maximum Gasteiger partial charge on any atom is 0.171 e. The van der Waals surface area contributed by atoms with Crippen LogP contribution in [0.2, 0.25) is 0 Å². The molecule has 0 bridgehead atoms. The van der Waals surface area contributed by atoms with Crippen molar-refractivity contribution in [2.75, 3.05) is 0 Å². The molecule has 1 aromatic heterocycles. The van der Waals surface area contributed by atoms with E-state index in [0.717, 1.165) is 12.1 Å². The van der Waals surface area contributed by atoms with Crippen LogP contribution >= 0.6 is 0 Å². The van der Waals surface area contributed by atoms with Crippen molar-refractivity contribution in [3.8, 4) is 11.1 Å². The van der Waals surface area contributed by atoms with Gasteiger partial charge in [0.25, 0.3) is 0 Å². The molecule has 0 fully saturated rings.